The minimum atomic E-state index is 0.565. The summed E-state index contributed by atoms with van der Waals surface area (Å²) in [6.07, 6.45) is 7.57. The van der Waals surface area contributed by atoms with Crippen LogP contribution in [-0.4, -0.2) is 22.9 Å². The van der Waals surface area contributed by atoms with Gasteiger partial charge in [0, 0.05) is 25.2 Å². The summed E-state index contributed by atoms with van der Waals surface area (Å²) in [6, 6.07) is 9.38. The molecular formula is C16H21N3. The van der Waals surface area contributed by atoms with Crippen molar-refractivity contribution >= 4 is 0 Å². The molecule has 1 aliphatic rings. The molecule has 2 aromatic rings. The van der Waals surface area contributed by atoms with E-state index in [-0.39, 0.29) is 0 Å². The van der Waals surface area contributed by atoms with E-state index in [0.717, 1.165) is 6.42 Å². The molecule has 0 bridgehead atoms. The van der Waals surface area contributed by atoms with Crippen molar-refractivity contribution in [3.63, 3.8) is 0 Å². The van der Waals surface area contributed by atoms with Gasteiger partial charge in [0.1, 0.15) is 0 Å². The Morgan fingerprint density at radius 1 is 1.42 bits per heavy atom. The quantitative estimate of drug-likeness (QED) is 0.888. The number of nitrogens with one attached hydrogen (secondary N) is 1. The molecule has 19 heavy (non-hydrogen) atoms. The van der Waals surface area contributed by atoms with E-state index in [9.17, 15) is 0 Å². The maximum atomic E-state index is 4.23. The summed E-state index contributed by atoms with van der Waals surface area (Å²) in [5.41, 5.74) is 4.39. The lowest BCUT2D eigenvalue weighted by atomic mass is 9.72. The van der Waals surface area contributed by atoms with Crippen LogP contribution >= 0.6 is 0 Å². The monoisotopic (exact) mass is 255 g/mol. The summed E-state index contributed by atoms with van der Waals surface area (Å²) in [5.74, 6) is 0.679. The van der Waals surface area contributed by atoms with Crippen molar-refractivity contribution in [1.82, 2.24) is 15.1 Å². The molecule has 1 aromatic heterocycles. The molecule has 1 heterocycles. The minimum absolute atomic E-state index is 0.565. The molecule has 0 saturated carbocycles. The van der Waals surface area contributed by atoms with Crippen LogP contribution in [0.4, 0.5) is 0 Å². The summed E-state index contributed by atoms with van der Waals surface area (Å²) < 4.78 is 1.88. The molecule has 2 unspecified atom stereocenters. The van der Waals surface area contributed by atoms with Crippen molar-refractivity contribution in [1.29, 1.82) is 0 Å². The van der Waals surface area contributed by atoms with Crippen molar-refractivity contribution in [2.45, 2.75) is 31.2 Å². The van der Waals surface area contributed by atoms with Gasteiger partial charge in [-0.1, -0.05) is 24.3 Å². The van der Waals surface area contributed by atoms with Gasteiger partial charge in [0.15, 0.2) is 0 Å². The number of fused-ring (bicyclic) bond motifs is 1. The lowest BCUT2D eigenvalue weighted by molar-refractivity contribution is 0.402. The maximum Gasteiger partial charge on any atom is 0.0521 e. The average molecular weight is 255 g/mol. The number of likely N-dealkylation sites (N-methyl/N-ethyl adjacent to an activating group) is 1. The Morgan fingerprint density at radius 3 is 2.95 bits per heavy atom. The van der Waals surface area contributed by atoms with E-state index in [1.807, 2.05) is 17.9 Å². The lowest BCUT2D eigenvalue weighted by Gasteiger charge is -2.36. The molecule has 0 spiro atoms. The van der Waals surface area contributed by atoms with E-state index in [4.69, 9.17) is 0 Å². The Balaban J connectivity index is 1.63. The molecular weight excluding hydrogens is 234 g/mol. The molecule has 0 radical (unpaired) electrons. The third-order valence-electron chi connectivity index (χ3n) is 4.25. The molecule has 3 heteroatoms. The zero-order chi connectivity index (χ0) is 13.2. The molecule has 0 saturated heterocycles. The minimum Gasteiger partial charge on any atom is -0.316 e. The Morgan fingerprint density at radius 2 is 2.26 bits per heavy atom. The molecule has 1 N–H and O–H groups in total. The highest BCUT2D eigenvalue weighted by Crippen LogP contribution is 2.38. The van der Waals surface area contributed by atoms with Gasteiger partial charge in [0.25, 0.3) is 0 Å². The van der Waals surface area contributed by atoms with Gasteiger partial charge in [0.2, 0.25) is 0 Å². The molecule has 0 aliphatic heterocycles. The number of rotatable bonds is 5. The molecule has 0 amide bonds. The number of aromatic nitrogens is 2. The Labute approximate surface area is 114 Å². The summed E-state index contributed by atoms with van der Waals surface area (Å²) in [6.45, 7) is 0. The summed E-state index contributed by atoms with van der Waals surface area (Å²) in [4.78, 5) is 0. The van der Waals surface area contributed by atoms with E-state index in [0.29, 0.717) is 12.0 Å². The number of hydrogen-bond acceptors (Lipinski definition) is 2. The summed E-state index contributed by atoms with van der Waals surface area (Å²) in [7, 11) is 4.05. The van der Waals surface area contributed by atoms with Crippen LogP contribution in [0.5, 0.6) is 0 Å². The van der Waals surface area contributed by atoms with E-state index < -0.39 is 0 Å². The van der Waals surface area contributed by atoms with Crippen LogP contribution < -0.4 is 5.32 Å². The van der Waals surface area contributed by atoms with Crippen LogP contribution in [-0.2, 0) is 19.9 Å². The third kappa shape index (κ3) is 2.43. The normalized spacial score (nSPS) is 18.7. The molecule has 1 aromatic carbocycles. The van der Waals surface area contributed by atoms with Crippen LogP contribution in [0.15, 0.2) is 36.7 Å². The SMILES string of the molecule is CNC(CCc1cnn(C)c1)C1Cc2ccccc21. The molecule has 2 atom stereocenters. The first-order valence-corrected chi connectivity index (χ1v) is 7.00. The van der Waals surface area contributed by atoms with Gasteiger partial charge in [-0.15, -0.1) is 0 Å². The predicted octanol–water partition coefficient (Wildman–Crippen LogP) is 2.28. The fraction of sp³-hybridized carbons (Fsp3) is 0.438. The molecule has 3 nitrogen and oxygen atoms in total. The third-order valence-corrected chi connectivity index (χ3v) is 4.25. The highest BCUT2D eigenvalue weighted by Gasteiger charge is 2.31. The number of aryl methyl sites for hydroxylation is 2. The average Bonchev–Trinajstić information content (AvgIpc) is 2.80. The zero-order valence-electron chi connectivity index (χ0n) is 11.6. The smallest absolute Gasteiger partial charge is 0.0521 e. The Kier molecular flexibility index (Phi) is 3.38. The van der Waals surface area contributed by atoms with Gasteiger partial charge < -0.3 is 5.32 Å². The fourth-order valence-electron chi connectivity index (χ4n) is 3.13. The zero-order valence-corrected chi connectivity index (χ0v) is 11.6. The topological polar surface area (TPSA) is 29.9 Å². The standard InChI is InChI=1S/C16H21N3/c1-17-16(8-7-12-10-18-19(2)11-12)15-9-13-5-3-4-6-14(13)15/h3-6,10-11,15-17H,7-9H2,1-2H3. The second-order valence-corrected chi connectivity index (χ2v) is 5.47. The number of benzene rings is 1. The second kappa shape index (κ2) is 5.17. The first kappa shape index (κ1) is 12.4. The number of hydrogen-bond donors (Lipinski definition) is 1. The molecule has 0 fully saturated rings. The van der Waals surface area contributed by atoms with Gasteiger partial charge in [-0.25, -0.2) is 0 Å². The Bertz CT molecular complexity index is 559. The highest BCUT2D eigenvalue weighted by atomic mass is 15.2. The van der Waals surface area contributed by atoms with E-state index in [1.165, 1.54) is 29.5 Å². The first-order valence-electron chi connectivity index (χ1n) is 7.00. The van der Waals surface area contributed by atoms with Gasteiger partial charge in [-0.05, 0) is 43.0 Å². The van der Waals surface area contributed by atoms with Crippen LogP contribution in [0.3, 0.4) is 0 Å². The van der Waals surface area contributed by atoms with Gasteiger partial charge >= 0.3 is 0 Å². The first-order chi connectivity index (χ1) is 9.28. The van der Waals surface area contributed by atoms with Crippen LogP contribution in [0.1, 0.15) is 29.0 Å². The van der Waals surface area contributed by atoms with Gasteiger partial charge in [0.05, 0.1) is 6.20 Å². The van der Waals surface area contributed by atoms with Crippen LogP contribution in [0.25, 0.3) is 0 Å². The van der Waals surface area contributed by atoms with Crippen LogP contribution in [0.2, 0.25) is 0 Å². The van der Waals surface area contributed by atoms with Crippen molar-refractivity contribution in [3.05, 3.63) is 53.3 Å². The number of nitrogens with zero attached hydrogens (tertiary/aromatic N) is 2. The van der Waals surface area contributed by atoms with Gasteiger partial charge in [-0.3, -0.25) is 4.68 Å². The van der Waals surface area contributed by atoms with E-state index in [1.54, 1.807) is 0 Å². The summed E-state index contributed by atoms with van der Waals surface area (Å²) >= 11 is 0. The molecule has 1 aliphatic carbocycles. The van der Waals surface area contributed by atoms with Crippen molar-refractivity contribution in [2.24, 2.45) is 7.05 Å². The van der Waals surface area contributed by atoms with Crippen molar-refractivity contribution in [2.75, 3.05) is 7.05 Å². The van der Waals surface area contributed by atoms with E-state index in [2.05, 4.69) is 47.9 Å². The van der Waals surface area contributed by atoms with Crippen LogP contribution in [0, 0.1) is 0 Å². The van der Waals surface area contributed by atoms with Crippen molar-refractivity contribution in [3.8, 4) is 0 Å². The van der Waals surface area contributed by atoms with E-state index >= 15 is 0 Å². The molecule has 3 rings (SSSR count). The molecule has 100 valence electrons. The Hall–Kier alpha value is -1.61. The predicted molar refractivity (Wildman–Crippen MR) is 77.3 cm³/mol. The van der Waals surface area contributed by atoms with Gasteiger partial charge in [-0.2, -0.15) is 5.10 Å². The fourth-order valence-corrected chi connectivity index (χ4v) is 3.13. The lowest BCUT2D eigenvalue weighted by Crippen LogP contribution is -2.38. The summed E-state index contributed by atoms with van der Waals surface area (Å²) in [5, 5.41) is 7.73. The highest BCUT2D eigenvalue weighted by molar-refractivity contribution is 5.41. The second-order valence-electron chi connectivity index (χ2n) is 5.47. The maximum absolute atomic E-state index is 4.23. The largest absolute Gasteiger partial charge is 0.316 e. The van der Waals surface area contributed by atoms with Crippen molar-refractivity contribution < 1.29 is 0 Å².